The van der Waals surface area contributed by atoms with Crippen molar-refractivity contribution in [3.63, 3.8) is 0 Å². The van der Waals surface area contributed by atoms with Crippen LogP contribution in [0.4, 0.5) is 0 Å². The average molecular weight is 127 g/mol. The molecule has 0 radical (unpaired) electrons. The summed E-state index contributed by atoms with van der Waals surface area (Å²) < 4.78 is 0.417. The van der Waals surface area contributed by atoms with Crippen molar-refractivity contribution in [2.75, 3.05) is 0 Å². The summed E-state index contributed by atoms with van der Waals surface area (Å²) in [4.78, 5) is 3.70. The fourth-order valence-electron chi connectivity index (χ4n) is 0.483. The van der Waals surface area contributed by atoms with Gasteiger partial charge in [0.25, 0.3) is 0 Å². The second-order valence-corrected chi connectivity index (χ2v) is 1.46. The maximum Gasteiger partial charge on any atom is 0.411 e. The van der Waals surface area contributed by atoms with E-state index in [9.17, 15) is 5.21 Å². The van der Waals surface area contributed by atoms with Crippen molar-refractivity contribution >= 4 is 0 Å². The van der Waals surface area contributed by atoms with E-state index in [2.05, 4.69) is 4.89 Å². The van der Waals surface area contributed by atoms with Gasteiger partial charge in [0, 0.05) is 6.07 Å². The molecule has 1 aromatic rings. The van der Waals surface area contributed by atoms with E-state index in [1.807, 2.05) is 0 Å². The summed E-state index contributed by atoms with van der Waals surface area (Å²) in [5.41, 5.74) is 0. The Morgan fingerprint density at radius 3 is 2.78 bits per heavy atom. The summed E-state index contributed by atoms with van der Waals surface area (Å²) >= 11 is 0. The Kier molecular flexibility index (Phi) is 1.51. The zero-order chi connectivity index (χ0) is 6.69. The molecule has 0 aromatic carbocycles. The lowest BCUT2D eigenvalue weighted by molar-refractivity contribution is -0.622. The van der Waals surface area contributed by atoms with Gasteiger partial charge >= 0.3 is 5.88 Å². The molecule has 0 aliphatic heterocycles. The molecule has 1 rings (SSSR count). The van der Waals surface area contributed by atoms with E-state index in [1.54, 1.807) is 6.07 Å². The molecule has 0 saturated heterocycles. The predicted molar refractivity (Wildman–Crippen MR) is 28.7 cm³/mol. The van der Waals surface area contributed by atoms with E-state index in [0.717, 1.165) is 0 Å². The molecule has 48 valence electrons. The maximum atomic E-state index is 10.5. The molecular weight excluding hydrogens is 122 g/mol. The third-order valence-corrected chi connectivity index (χ3v) is 0.882. The standard InChI is InChI=1S/C5H5NO3/c7-6-4-2-1-3-5(6)9-8/h1-4,8H. The van der Waals surface area contributed by atoms with Crippen LogP contribution in [0.25, 0.3) is 0 Å². The third-order valence-electron chi connectivity index (χ3n) is 0.882. The van der Waals surface area contributed by atoms with Crippen molar-refractivity contribution in [2.24, 2.45) is 0 Å². The molecular formula is C5H5NO3. The van der Waals surface area contributed by atoms with Crippen molar-refractivity contribution in [3.8, 4) is 5.88 Å². The molecule has 4 nitrogen and oxygen atoms in total. The van der Waals surface area contributed by atoms with Gasteiger partial charge in [0.1, 0.15) is 0 Å². The van der Waals surface area contributed by atoms with E-state index in [4.69, 9.17) is 5.26 Å². The summed E-state index contributed by atoms with van der Waals surface area (Å²) in [5, 5.41) is 18.5. The van der Waals surface area contributed by atoms with Gasteiger partial charge in [-0.15, -0.1) is 4.73 Å². The van der Waals surface area contributed by atoms with Crippen LogP contribution in [-0.4, -0.2) is 5.26 Å². The summed E-state index contributed by atoms with van der Waals surface area (Å²) in [6, 6.07) is 4.47. The molecule has 4 heteroatoms. The molecule has 0 aliphatic carbocycles. The minimum Gasteiger partial charge on any atom is -0.616 e. The topological polar surface area (TPSA) is 56.4 Å². The van der Waals surface area contributed by atoms with Crippen LogP contribution in [-0.2, 0) is 0 Å². The van der Waals surface area contributed by atoms with Gasteiger partial charge in [0.15, 0.2) is 6.20 Å². The molecule has 0 atom stereocenters. The Bertz CT molecular complexity index is 201. The van der Waals surface area contributed by atoms with Crippen LogP contribution in [0.2, 0.25) is 0 Å². The summed E-state index contributed by atoms with van der Waals surface area (Å²) in [7, 11) is 0. The minimum atomic E-state index is -0.127. The van der Waals surface area contributed by atoms with Crippen LogP contribution < -0.4 is 9.62 Å². The highest BCUT2D eigenvalue weighted by Crippen LogP contribution is 1.97. The Morgan fingerprint density at radius 2 is 2.33 bits per heavy atom. The molecule has 0 amide bonds. The molecule has 0 spiro atoms. The second kappa shape index (κ2) is 2.32. The first-order valence-electron chi connectivity index (χ1n) is 2.34. The normalized spacial score (nSPS) is 9.00. The van der Waals surface area contributed by atoms with Gasteiger partial charge in [0.05, 0.1) is 6.07 Å². The van der Waals surface area contributed by atoms with E-state index in [0.29, 0.717) is 4.73 Å². The van der Waals surface area contributed by atoms with Gasteiger partial charge in [-0.25, -0.2) is 0 Å². The first-order valence-corrected chi connectivity index (χ1v) is 2.34. The summed E-state index contributed by atoms with van der Waals surface area (Å²) in [6.45, 7) is 0. The van der Waals surface area contributed by atoms with Gasteiger partial charge in [-0.3, -0.25) is 4.89 Å². The van der Waals surface area contributed by atoms with Gasteiger partial charge in [-0.2, -0.15) is 5.26 Å². The molecule has 0 unspecified atom stereocenters. The average Bonchev–Trinajstić information content (AvgIpc) is 1.89. The Hall–Kier alpha value is -1.29. The lowest BCUT2D eigenvalue weighted by Gasteiger charge is -1.96. The van der Waals surface area contributed by atoms with Gasteiger partial charge in [-0.05, 0) is 6.07 Å². The predicted octanol–water partition coefficient (Wildman–Crippen LogP) is 0.172. The monoisotopic (exact) mass is 127 g/mol. The quantitative estimate of drug-likeness (QED) is 0.253. The molecule has 9 heavy (non-hydrogen) atoms. The van der Waals surface area contributed by atoms with Crippen LogP contribution in [0.3, 0.4) is 0 Å². The van der Waals surface area contributed by atoms with Crippen LogP contribution in [0.5, 0.6) is 5.88 Å². The van der Waals surface area contributed by atoms with Crippen LogP contribution in [0.1, 0.15) is 0 Å². The molecule has 1 N–H and O–H groups in total. The number of rotatable bonds is 1. The molecule has 1 heterocycles. The van der Waals surface area contributed by atoms with Crippen molar-refractivity contribution in [1.29, 1.82) is 0 Å². The fraction of sp³-hybridized carbons (Fsp3) is 0. The molecule has 0 fully saturated rings. The summed E-state index contributed by atoms with van der Waals surface area (Å²) in [6.07, 6.45) is 1.23. The summed E-state index contributed by atoms with van der Waals surface area (Å²) in [5.74, 6) is -0.127. The Morgan fingerprint density at radius 1 is 1.56 bits per heavy atom. The van der Waals surface area contributed by atoms with Gasteiger partial charge < -0.3 is 5.21 Å². The largest absolute Gasteiger partial charge is 0.616 e. The second-order valence-electron chi connectivity index (χ2n) is 1.46. The van der Waals surface area contributed by atoms with E-state index < -0.39 is 0 Å². The molecule has 0 saturated carbocycles. The lowest BCUT2D eigenvalue weighted by Crippen LogP contribution is -2.27. The van der Waals surface area contributed by atoms with E-state index in [1.165, 1.54) is 18.3 Å². The van der Waals surface area contributed by atoms with Crippen molar-refractivity contribution in [3.05, 3.63) is 29.6 Å². The molecule has 0 aliphatic rings. The van der Waals surface area contributed by atoms with Gasteiger partial charge in [-0.1, -0.05) is 0 Å². The zero-order valence-electron chi connectivity index (χ0n) is 4.52. The Labute approximate surface area is 51.4 Å². The number of hydrogen-bond acceptors (Lipinski definition) is 3. The fourth-order valence-corrected chi connectivity index (χ4v) is 0.483. The van der Waals surface area contributed by atoms with E-state index in [-0.39, 0.29) is 5.88 Å². The zero-order valence-corrected chi connectivity index (χ0v) is 4.52. The highest BCUT2D eigenvalue weighted by molar-refractivity contribution is 5.01. The molecule has 0 bridgehead atoms. The van der Waals surface area contributed by atoms with Gasteiger partial charge in [0.2, 0.25) is 0 Å². The van der Waals surface area contributed by atoms with Crippen molar-refractivity contribution in [1.82, 2.24) is 0 Å². The molecule has 1 aromatic heterocycles. The maximum absolute atomic E-state index is 10.5. The first-order chi connectivity index (χ1) is 4.34. The lowest BCUT2D eigenvalue weighted by atomic mass is 10.5. The highest BCUT2D eigenvalue weighted by atomic mass is 17.1. The van der Waals surface area contributed by atoms with Crippen molar-refractivity contribution < 1.29 is 14.9 Å². The smallest absolute Gasteiger partial charge is 0.411 e. The highest BCUT2D eigenvalue weighted by Gasteiger charge is 2.00. The SMILES string of the molecule is [O-][n+]1ccccc1OO. The third kappa shape index (κ3) is 1.09. The van der Waals surface area contributed by atoms with Crippen LogP contribution in [0.15, 0.2) is 24.4 Å². The number of nitrogens with zero attached hydrogens (tertiary/aromatic N) is 1. The van der Waals surface area contributed by atoms with Crippen LogP contribution >= 0.6 is 0 Å². The number of hydrogen-bond donors (Lipinski definition) is 1. The number of aromatic nitrogens is 1. The first kappa shape index (κ1) is 5.84. The van der Waals surface area contributed by atoms with E-state index >= 15 is 0 Å². The van der Waals surface area contributed by atoms with Crippen molar-refractivity contribution in [2.45, 2.75) is 0 Å². The Balaban J connectivity index is 3.01. The number of pyridine rings is 1. The minimum absolute atomic E-state index is 0.127. The van der Waals surface area contributed by atoms with Crippen LogP contribution in [0, 0.1) is 5.21 Å².